The lowest BCUT2D eigenvalue weighted by Crippen LogP contribution is -2.51. The Morgan fingerprint density at radius 3 is 2.59 bits per heavy atom. The van der Waals surface area contributed by atoms with E-state index in [9.17, 15) is 4.79 Å². The third-order valence-electron chi connectivity index (χ3n) is 3.16. The topological polar surface area (TPSA) is 46.3 Å². The number of carbonyl (C=O) groups is 1. The van der Waals surface area contributed by atoms with E-state index in [1.807, 2.05) is 41.3 Å². The fourth-order valence-corrected chi connectivity index (χ4v) is 2.06. The van der Waals surface area contributed by atoms with Gasteiger partial charge in [-0.15, -0.1) is 0 Å². The summed E-state index contributed by atoms with van der Waals surface area (Å²) in [6, 6.07) is 9.54. The van der Waals surface area contributed by atoms with Crippen LogP contribution >= 0.6 is 0 Å². The van der Waals surface area contributed by atoms with Crippen molar-refractivity contribution in [2.75, 3.05) is 13.1 Å². The Morgan fingerprint density at radius 1 is 1.29 bits per heavy atom. The van der Waals surface area contributed by atoms with Crippen molar-refractivity contribution in [1.82, 2.24) is 4.90 Å². The summed E-state index contributed by atoms with van der Waals surface area (Å²) >= 11 is 0. The maximum absolute atomic E-state index is 12.4. The maximum atomic E-state index is 12.4. The molecule has 1 aromatic rings. The molecule has 0 spiro atoms. The van der Waals surface area contributed by atoms with Crippen LogP contribution in [0.15, 0.2) is 42.5 Å². The molecule has 1 amide bonds. The molecule has 0 aliphatic carbocycles. The molecule has 0 saturated heterocycles. The lowest BCUT2D eigenvalue weighted by Gasteiger charge is -2.32. The Bertz CT molecular complexity index is 423. The van der Waals surface area contributed by atoms with Crippen LogP contribution in [0.25, 0.3) is 0 Å². The number of nitrogens with zero attached hydrogens (tertiary/aromatic N) is 1. The molecule has 0 saturated carbocycles. The van der Waals surface area contributed by atoms with Crippen LogP contribution in [0.2, 0.25) is 0 Å². The molecule has 2 N–H and O–H groups in total. The number of benzene rings is 1. The van der Waals surface area contributed by atoms with Gasteiger partial charge in [0.05, 0.1) is 0 Å². The lowest BCUT2D eigenvalue weighted by atomic mass is 9.91. The zero-order valence-corrected chi connectivity index (χ0v) is 10.1. The zero-order chi connectivity index (χ0) is 12.3. The van der Waals surface area contributed by atoms with Gasteiger partial charge < -0.3 is 10.6 Å². The van der Waals surface area contributed by atoms with Gasteiger partial charge >= 0.3 is 0 Å². The smallest absolute Gasteiger partial charge is 0.247 e. The van der Waals surface area contributed by atoms with Crippen molar-refractivity contribution in [3.05, 3.63) is 48.0 Å². The highest BCUT2D eigenvalue weighted by molar-refractivity contribution is 5.87. The van der Waals surface area contributed by atoms with Gasteiger partial charge in [0.15, 0.2) is 0 Å². The SMILES string of the molecule is CC(N)(C(=O)N1CC=CCC1)c1ccccc1. The maximum Gasteiger partial charge on any atom is 0.247 e. The molecule has 1 aliphatic rings. The molecule has 1 unspecified atom stereocenters. The van der Waals surface area contributed by atoms with Gasteiger partial charge in [0.2, 0.25) is 5.91 Å². The van der Waals surface area contributed by atoms with Crippen molar-refractivity contribution in [2.24, 2.45) is 5.73 Å². The summed E-state index contributed by atoms with van der Waals surface area (Å²) in [6.07, 6.45) is 5.03. The summed E-state index contributed by atoms with van der Waals surface area (Å²) in [7, 11) is 0. The molecular formula is C14H18N2O. The predicted octanol–water partition coefficient (Wildman–Crippen LogP) is 1.65. The van der Waals surface area contributed by atoms with E-state index >= 15 is 0 Å². The van der Waals surface area contributed by atoms with E-state index in [1.54, 1.807) is 6.92 Å². The Morgan fingerprint density at radius 2 is 2.00 bits per heavy atom. The Labute approximate surface area is 102 Å². The van der Waals surface area contributed by atoms with E-state index in [1.165, 1.54) is 0 Å². The van der Waals surface area contributed by atoms with Gasteiger partial charge in [0.1, 0.15) is 5.54 Å². The summed E-state index contributed by atoms with van der Waals surface area (Å²) in [5, 5.41) is 0. The number of rotatable bonds is 2. The first-order chi connectivity index (χ1) is 8.12. The second-order valence-corrected chi connectivity index (χ2v) is 4.58. The van der Waals surface area contributed by atoms with Crippen molar-refractivity contribution in [1.29, 1.82) is 0 Å². The fraction of sp³-hybridized carbons (Fsp3) is 0.357. The van der Waals surface area contributed by atoms with Gasteiger partial charge in [-0.2, -0.15) is 0 Å². The van der Waals surface area contributed by atoms with Crippen LogP contribution in [0.5, 0.6) is 0 Å². The van der Waals surface area contributed by atoms with Crippen LogP contribution in [0, 0.1) is 0 Å². The van der Waals surface area contributed by atoms with Gasteiger partial charge in [-0.05, 0) is 18.9 Å². The summed E-state index contributed by atoms with van der Waals surface area (Å²) in [4.78, 5) is 14.2. The molecule has 2 rings (SSSR count). The van der Waals surface area contributed by atoms with Crippen molar-refractivity contribution in [3.8, 4) is 0 Å². The van der Waals surface area contributed by atoms with E-state index in [2.05, 4.69) is 6.08 Å². The standard InChI is InChI=1S/C14H18N2O/c1-14(15,12-8-4-2-5-9-12)13(17)16-10-6-3-7-11-16/h2-6,8-9H,7,10-11,15H2,1H3. The molecule has 0 bridgehead atoms. The third kappa shape index (κ3) is 2.39. The number of nitrogens with two attached hydrogens (primary N) is 1. The van der Waals surface area contributed by atoms with Gasteiger partial charge in [0.25, 0.3) is 0 Å². The Hall–Kier alpha value is -1.61. The molecule has 1 atom stereocenters. The summed E-state index contributed by atoms with van der Waals surface area (Å²) < 4.78 is 0. The monoisotopic (exact) mass is 230 g/mol. The van der Waals surface area contributed by atoms with E-state index < -0.39 is 5.54 Å². The average Bonchev–Trinajstić information content (AvgIpc) is 2.40. The minimum absolute atomic E-state index is 0.00644. The summed E-state index contributed by atoms with van der Waals surface area (Å²) in [5.74, 6) is -0.00644. The van der Waals surface area contributed by atoms with Crippen molar-refractivity contribution < 1.29 is 4.79 Å². The van der Waals surface area contributed by atoms with E-state index in [-0.39, 0.29) is 5.91 Å². The first-order valence-corrected chi connectivity index (χ1v) is 5.91. The highest BCUT2D eigenvalue weighted by Crippen LogP contribution is 2.21. The number of amides is 1. The average molecular weight is 230 g/mol. The molecule has 1 aliphatic heterocycles. The number of carbonyl (C=O) groups excluding carboxylic acids is 1. The normalized spacial score (nSPS) is 18.8. The van der Waals surface area contributed by atoms with E-state index in [0.29, 0.717) is 6.54 Å². The number of hydrogen-bond donors (Lipinski definition) is 1. The quantitative estimate of drug-likeness (QED) is 0.785. The molecule has 1 heterocycles. The van der Waals surface area contributed by atoms with Gasteiger partial charge in [0, 0.05) is 13.1 Å². The van der Waals surface area contributed by atoms with Crippen LogP contribution in [-0.4, -0.2) is 23.9 Å². The zero-order valence-electron chi connectivity index (χ0n) is 10.1. The van der Waals surface area contributed by atoms with Crippen LogP contribution in [0.4, 0.5) is 0 Å². The van der Waals surface area contributed by atoms with Gasteiger partial charge in [-0.1, -0.05) is 42.5 Å². The molecule has 0 aromatic heterocycles. The van der Waals surface area contributed by atoms with Crippen LogP contribution < -0.4 is 5.73 Å². The lowest BCUT2D eigenvalue weighted by molar-refractivity contribution is -0.136. The van der Waals surface area contributed by atoms with Crippen molar-refractivity contribution >= 4 is 5.91 Å². The minimum Gasteiger partial charge on any atom is -0.337 e. The molecule has 3 heteroatoms. The summed E-state index contributed by atoms with van der Waals surface area (Å²) in [6.45, 7) is 3.20. The molecule has 1 aromatic carbocycles. The predicted molar refractivity (Wildman–Crippen MR) is 68.3 cm³/mol. The molecule has 0 fully saturated rings. The Balaban J connectivity index is 2.20. The third-order valence-corrected chi connectivity index (χ3v) is 3.16. The molecular weight excluding hydrogens is 212 g/mol. The van der Waals surface area contributed by atoms with Gasteiger partial charge in [-0.25, -0.2) is 0 Å². The van der Waals surface area contributed by atoms with Crippen LogP contribution in [-0.2, 0) is 10.3 Å². The summed E-state index contributed by atoms with van der Waals surface area (Å²) in [5.41, 5.74) is 6.12. The van der Waals surface area contributed by atoms with E-state index in [4.69, 9.17) is 5.73 Å². The minimum atomic E-state index is -0.938. The van der Waals surface area contributed by atoms with E-state index in [0.717, 1.165) is 18.5 Å². The molecule has 90 valence electrons. The second-order valence-electron chi connectivity index (χ2n) is 4.58. The van der Waals surface area contributed by atoms with Crippen molar-refractivity contribution in [2.45, 2.75) is 18.9 Å². The van der Waals surface area contributed by atoms with Crippen LogP contribution in [0.1, 0.15) is 18.9 Å². The van der Waals surface area contributed by atoms with Crippen molar-refractivity contribution in [3.63, 3.8) is 0 Å². The molecule has 0 radical (unpaired) electrons. The molecule has 3 nitrogen and oxygen atoms in total. The van der Waals surface area contributed by atoms with Gasteiger partial charge in [-0.3, -0.25) is 4.79 Å². The highest BCUT2D eigenvalue weighted by Gasteiger charge is 2.34. The highest BCUT2D eigenvalue weighted by atomic mass is 16.2. The first kappa shape index (κ1) is 11.9. The first-order valence-electron chi connectivity index (χ1n) is 5.91. The molecule has 17 heavy (non-hydrogen) atoms. The Kier molecular flexibility index (Phi) is 3.29. The largest absolute Gasteiger partial charge is 0.337 e. The number of hydrogen-bond acceptors (Lipinski definition) is 2. The second kappa shape index (κ2) is 4.72. The fourth-order valence-electron chi connectivity index (χ4n) is 2.06. The van der Waals surface area contributed by atoms with Crippen LogP contribution in [0.3, 0.4) is 0 Å².